The number of fused-ring (bicyclic) bond motifs is 3. The van der Waals surface area contributed by atoms with Crippen LogP contribution in [0.5, 0.6) is 0 Å². The van der Waals surface area contributed by atoms with Crippen LogP contribution >= 0.6 is 0 Å². The van der Waals surface area contributed by atoms with Gasteiger partial charge in [0.05, 0.1) is 18.8 Å². The molecule has 23 heavy (non-hydrogen) atoms. The van der Waals surface area contributed by atoms with Gasteiger partial charge in [-0.1, -0.05) is 45.9 Å². The molecule has 0 aliphatic heterocycles. The van der Waals surface area contributed by atoms with Gasteiger partial charge >= 0.3 is 0 Å². The Morgan fingerprint density at radius 2 is 1.87 bits per heavy atom. The molecule has 0 aromatic heterocycles. The van der Waals surface area contributed by atoms with E-state index in [2.05, 4.69) is 39.0 Å². The zero-order chi connectivity index (χ0) is 17.0. The summed E-state index contributed by atoms with van der Waals surface area (Å²) in [5.74, 6) is 0.872. The van der Waals surface area contributed by atoms with Crippen LogP contribution in [-0.4, -0.2) is 34.1 Å². The molecule has 3 aliphatic rings. The fraction of sp³-hybridized carbons (Fsp3) is 0.800. The summed E-state index contributed by atoms with van der Waals surface area (Å²) in [6.45, 7) is 8.64. The van der Waals surface area contributed by atoms with Gasteiger partial charge in [-0.05, 0) is 53.9 Å². The lowest BCUT2D eigenvalue weighted by Crippen LogP contribution is -2.54. The van der Waals surface area contributed by atoms with Gasteiger partial charge in [0.25, 0.3) is 0 Å². The Bertz CT molecular complexity index is 535. The fourth-order valence-electron chi connectivity index (χ4n) is 5.62. The van der Waals surface area contributed by atoms with Crippen molar-refractivity contribution in [2.24, 2.45) is 28.1 Å². The summed E-state index contributed by atoms with van der Waals surface area (Å²) in [5.41, 5.74) is 1.06. The summed E-state index contributed by atoms with van der Waals surface area (Å²) in [7, 11) is 0. The molecule has 3 rings (SSSR count). The number of hydrogen-bond acceptors (Lipinski definition) is 3. The fourth-order valence-corrected chi connectivity index (χ4v) is 5.62. The van der Waals surface area contributed by atoms with Crippen LogP contribution < -0.4 is 0 Å². The zero-order valence-corrected chi connectivity index (χ0v) is 14.9. The molecule has 3 heteroatoms. The molecule has 3 aliphatic carbocycles. The van der Waals surface area contributed by atoms with Gasteiger partial charge in [-0.15, -0.1) is 0 Å². The minimum Gasteiger partial charge on any atom is -0.394 e. The molecule has 0 aromatic rings. The van der Waals surface area contributed by atoms with Crippen LogP contribution in [0.15, 0.2) is 23.8 Å². The topological polar surface area (TPSA) is 60.7 Å². The van der Waals surface area contributed by atoms with Crippen LogP contribution in [0.1, 0.15) is 53.4 Å². The number of allylic oxidation sites excluding steroid dienone is 3. The van der Waals surface area contributed by atoms with Crippen molar-refractivity contribution in [1.82, 2.24) is 0 Å². The summed E-state index contributed by atoms with van der Waals surface area (Å²) in [4.78, 5) is 0. The Morgan fingerprint density at radius 3 is 2.52 bits per heavy atom. The van der Waals surface area contributed by atoms with Crippen molar-refractivity contribution in [3.63, 3.8) is 0 Å². The van der Waals surface area contributed by atoms with Gasteiger partial charge in [-0.3, -0.25) is 0 Å². The predicted molar refractivity (Wildman–Crippen MR) is 91.8 cm³/mol. The molecule has 6 atom stereocenters. The summed E-state index contributed by atoms with van der Waals surface area (Å²) in [5, 5.41) is 30.0. The molecule has 0 aromatic carbocycles. The van der Waals surface area contributed by atoms with Gasteiger partial charge in [0.2, 0.25) is 0 Å². The van der Waals surface area contributed by atoms with E-state index in [4.69, 9.17) is 0 Å². The summed E-state index contributed by atoms with van der Waals surface area (Å²) >= 11 is 0. The molecule has 0 amide bonds. The smallest absolute Gasteiger partial charge is 0.0858 e. The molecule has 0 bridgehead atoms. The highest BCUT2D eigenvalue weighted by molar-refractivity contribution is 5.35. The Hall–Kier alpha value is -0.640. The molecule has 1 fully saturated rings. The summed E-state index contributed by atoms with van der Waals surface area (Å²) < 4.78 is 0. The maximum Gasteiger partial charge on any atom is 0.0858 e. The molecule has 0 saturated heterocycles. The van der Waals surface area contributed by atoms with Crippen LogP contribution in [0.25, 0.3) is 0 Å². The number of aliphatic hydroxyl groups is 3. The predicted octanol–water partition coefficient (Wildman–Crippen LogP) is 3.06. The van der Waals surface area contributed by atoms with Gasteiger partial charge in [-0.25, -0.2) is 0 Å². The first-order chi connectivity index (χ1) is 10.6. The SMILES string of the molecule is CC1(C)[C@H](O)CC[C@@]2(C)[C@@H]3CC[C@](C)([C@@H](O)CO)C=C3C=C[C@H]12. The maximum atomic E-state index is 10.5. The lowest BCUT2D eigenvalue weighted by Gasteiger charge is -2.59. The molecule has 0 unspecified atom stereocenters. The van der Waals surface area contributed by atoms with E-state index < -0.39 is 6.10 Å². The third-order valence-corrected chi connectivity index (χ3v) is 7.41. The van der Waals surface area contributed by atoms with Gasteiger partial charge < -0.3 is 15.3 Å². The first-order valence-corrected chi connectivity index (χ1v) is 9.03. The lowest BCUT2D eigenvalue weighted by atomic mass is 9.46. The minimum absolute atomic E-state index is 0.0968. The molecule has 130 valence electrons. The monoisotopic (exact) mass is 320 g/mol. The Kier molecular flexibility index (Phi) is 4.06. The van der Waals surface area contributed by atoms with Crippen LogP contribution in [0.2, 0.25) is 0 Å². The van der Waals surface area contributed by atoms with Crippen molar-refractivity contribution in [2.75, 3.05) is 6.61 Å². The quantitative estimate of drug-likeness (QED) is 0.733. The van der Waals surface area contributed by atoms with E-state index in [1.54, 1.807) is 0 Å². The molecule has 3 nitrogen and oxygen atoms in total. The van der Waals surface area contributed by atoms with E-state index >= 15 is 0 Å². The molecule has 0 spiro atoms. The van der Waals surface area contributed by atoms with Crippen molar-refractivity contribution < 1.29 is 15.3 Å². The standard InChI is InChI=1S/C20H32O3/c1-18(2)15-6-5-13-11-19(3,17(23)12-21)9-7-14(13)20(15,4)10-8-16(18)22/h5-6,11,14-17,21-23H,7-10,12H2,1-4H3/t14-,15-,16-,17+,19+,20+/m1/s1. The van der Waals surface area contributed by atoms with Crippen LogP contribution in [-0.2, 0) is 0 Å². The van der Waals surface area contributed by atoms with Gasteiger partial charge in [0.1, 0.15) is 0 Å². The highest BCUT2D eigenvalue weighted by Crippen LogP contribution is 2.61. The van der Waals surface area contributed by atoms with Crippen LogP contribution in [0.3, 0.4) is 0 Å². The first-order valence-electron chi connectivity index (χ1n) is 9.03. The second kappa shape index (κ2) is 5.44. The van der Waals surface area contributed by atoms with Gasteiger partial charge in [0.15, 0.2) is 0 Å². The Balaban J connectivity index is 2.00. The van der Waals surface area contributed by atoms with E-state index in [-0.39, 0.29) is 29.0 Å². The van der Waals surface area contributed by atoms with Gasteiger partial charge in [-0.2, -0.15) is 0 Å². The second-order valence-corrected chi connectivity index (χ2v) is 9.16. The van der Waals surface area contributed by atoms with E-state index in [0.717, 1.165) is 25.7 Å². The Labute approximate surface area is 140 Å². The van der Waals surface area contributed by atoms with E-state index in [1.807, 2.05) is 6.92 Å². The minimum atomic E-state index is -0.695. The van der Waals surface area contributed by atoms with E-state index in [1.165, 1.54) is 5.57 Å². The molecule has 1 saturated carbocycles. The van der Waals surface area contributed by atoms with Crippen molar-refractivity contribution in [3.8, 4) is 0 Å². The number of rotatable bonds is 2. The number of aliphatic hydroxyl groups excluding tert-OH is 3. The third-order valence-electron chi connectivity index (χ3n) is 7.41. The van der Waals surface area contributed by atoms with Crippen molar-refractivity contribution in [2.45, 2.75) is 65.6 Å². The third kappa shape index (κ3) is 2.43. The maximum absolute atomic E-state index is 10.5. The second-order valence-electron chi connectivity index (χ2n) is 9.16. The summed E-state index contributed by atoms with van der Waals surface area (Å²) in [6, 6.07) is 0. The average molecular weight is 320 g/mol. The lowest BCUT2D eigenvalue weighted by molar-refractivity contribution is -0.0988. The highest BCUT2D eigenvalue weighted by atomic mass is 16.3. The van der Waals surface area contributed by atoms with E-state index in [9.17, 15) is 15.3 Å². The first kappa shape index (κ1) is 17.2. The highest BCUT2D eigenvalue weighted by Gasteiger charge is 2.55. The average Bonchev–Trinajstić information content (AvgIpc) is 2.50. The molecule has 0 radical (unpaired) electrons. The molecule has 3 N–H and O–H groups in total. The van der Waals surface area contributed by atoms with Gasteiger partial charge in [0, 0.05) is 5.41 Å². The Morgan fingerprint density at radius 1 is 1.17 bits per heavy atom. The largest absolute Gasteiger partial charge is 0.394 e. The number of hydrogen-bond donors (Lipinski definition) is 3. The van der Waals surface area contributed by atoms with Crippen LogP contribution in [0, 0.1) is 28.1 Å². The zero-order valence-electron chi connectivity index (χ0n) is 14.9. The van der Waals surface area contributed by atoms with Crippen LogP contribution in [0.4, 0.5) is 0 Å². The normalized spacial score (nSPS) is 46.6. The molecular formula is C20H32O3. The molecular weight excluding hydrogens is 288 g/mol. The van der Waals surface area contributed by atoms with Crippen molar-refractivity contribution in [3.05, 3.63) is 23.8 Å². The molecule has 0 heterocycles. The van der Waals surface area contributed by atoms with E-state index in [0.29, 0.717) is 11.8 Å². The van der Waals surface area contributed by atoms with Crippen molar-refractivity contribution in [1.29, 1.82) is 0 Å². The van der Waals surface area contributed by atoms with Crippen molar-refractivity contribution >= 4 is 0 Å². The summed E-state index contributed by atoms with van der Waals surface area (Å²) in [6.07, 6.45) is 9.66.